The Bertz CT molecular complexity index is 922. The van der Waals surface area contributed by atoms with Gasteiger partial charge in [-0.25, -0.2) is 4.68 Å². The first kappa shape index (κ1) is 21.7. The van der Waals surface area contributed by atoms with Crippen LogP contribution in [0.25, 0.3) is 0 Å². The Hall–Kier alpha value is -2.52. The number of nitrogens with zero attached hydrogens (tertiary/aromatic N) is 2. The van der Waals surface area contributed by atoms with Crippen LogP contribution >= 0.6 is 11.8 Å². The second-order valence-corrected chi connectivity index (χ2v) is 8.65. The highest BCUT2D eigenvalue weighted by Crippen LogP contribution is 2.34. The number of ether oxygens (including phenoxy) is 2. The van der Waals surface area contributed by atoms with Crippen LogP contribution in [-0.4, -0.2) is 47.5 Å². The standard InChI is InChI=1S/C22H28N4O4S/c1-2-29-16-7-5-15(6-8-16)10-20(27)24-22-18-13-31-14-19(18)25-26(22)12-21(28)23-11-17-4-3-9-30-17/h5-8,17H,2-4,9-14H2,1H3,(H,23,28)(H,24,27)/t17-/m1/s1. The molecule has 3 heterocycles. The van der Waals surface area contributed by atoms with E-state index in [0.717, 1.165) is 53.5 Å². The van der Waals surface area contributed by atoms with Crippen molar-refractivity contribution in [2.24, 2.45) is 0 Å². The molecule has 0 bridgehead atoms. The molecule has 166 valence electrons. The summed E-state index contributed by atoms with van der Waals surface area (Å²) in [6, 6.07) is 7.51. The Morgan fingerprint density at radius 2 is 2.10 bits per heavy atom. The van der Waals surface area contributed by atoms with Gasteiger partial charge >= 0.3 is 0 Å². The highest BCUT2D eigenvalue weighted by molar-refractivity contribution is 7.98. The fraction of sp³-hybridized carbons (Fsp3) is 0.500. The number of benzene rings is 1. The van der Waals surface area contributed by atoms with E-state index < -0.39 is 0 Å². The van der Waals surface area contributed by atoms with Crippen LogP contribution in [0.1, 0.15) is 36.6 Å². The first-order chi connectivity index (χ1) is 15.1. The summed E-state index contributed by atoms with van der Waals surface area (Å²) >= 11 is 1.76. The predicted octanol–water partition coefficient (Wildman–Crippen LogP) is 2.50. The van der Waals surface area contributed by atoms with Crippen molar-refractivity contribution in [1.82, 2.24) is 15.1 Å². The predicted molar refractivity (Wildman–Crippen MR) is 119 cm³/mol. The van der Waals surface area contributed by atoms with E-state index in [1.54, 1.807) is 16.4 Å². The van der Waals surface area contributed by atoms with Crippen LogP contribution < -0.4 is 15.4 Å². The molecule has 31 heavy (non-hydrogen) atoms. The molecular formula is C22H28N4O4S. The molecule has 0 saturated carbocycles. The van der Waals surface area contributed by atoms with Gasteiger partial charge < -0.3 is 20.1 Å². The maximum atomic E-state index is 12.7. The molecule has 2 aliphatic rings. The molecule has 1 atom stereocenters. The van der Waals surface area contributed by atoms with E-state index >= 15 is 0 Å². The fourth-order valence-electron chi connectivity index (χ4n) is 3.78. The lowest BCUT2D eigenvalue weighted by Crippen LogP contribution is -2.34. The van der Waals surface area contributed by atoms with E-state index in [0.29, 0.717) is 19.0 Å². The molecule has 1 fully saturated rings. The minimum absolute atomic E-state index is 0.0725. The van der Waals surface area contributed by atoms with Crippen LogP contribution in [0.4, 0.5) is 5.82 Å². The van der Waals surface area contributed by atoms with E-state index in [1.807, 2.05) is 31.2 Å². The van der Waals surface area contributed by atoms with Gasteiger partial charge in [-0.15, -0.1) is 0 Å². The number of nitrogens with one attached hydrogen (secondary N) is 2. The Labute approximate surface area is 186 Å². The van der Waals surface area contributed by atoms with Crippen LogP contribution in [0, 0.1) is 0 Å². The van der Waals surface area contributed by atoms with Gasteiger partial charge in [-0.05, 0) is 37.5 Å². The van der Waals surface area contributed by atoms with Crippen molar-refractivity contribution in [1.29, 1.82) is 0 Å². The molecule has 0 spiro atoms. The van der Waals surface area contributed by atoms with Crippen molar-refractivity contribution in [3.63, 3.8) is 0 Å². The van der Waals surface area contributed by atoms with Crippen molar-refractivity contribution in [2.75, 3.05) is 25.1 Å². The minimum atomic E-state index is -0.134. The Morgan fingerprint density at radius 3 is 2.84 bits per heavy atom. The maximum Gasteiger partial charge on any atom is 0.241 e. The molecule has 2 aliphatic heterocycles. The lowest BCUT2D eigenvalue weighted by Gasteiger charge is -2.13. The normalized spacial score (nSPS) is 17.4. The molecule has 4 rings (SSSR count). The van der Waals surface area contributed by atoms with Crippen molar-refractivity contribution >= 4 is 29.4 Å². The van der Waals surface area contributed by atoms with E-state index in [4.69, 9.17) is 9.47 Å². The zero-order chi connectivity index (χ0) is 21.6. The largest absolute Gasteiger partial charge is 0.494 e. The third kappa shape index (κ3) is 5.59. The minimum Gasteiger partial charge on any atom is -0.494 e. The Morgan fingerprint density at radius 1 is 1.26 bits per heavy atom. The number of rotatable bonds is 9. The number of hydrogen-bond donors (Lipinski definition) is 2. The summed E-state index contributed by atoms with van der Waals surface area (Å²) in [7, 11) is 0. The number of amides is 2. The highest BCUT2D eigenvalue weighted by atomic mass is 32.2. The maximum absolute atomic E-state index is 12.7. The topological polar surface area (TPSA) is 94.5 Å². The number of aromatic nitrogens is 2. The lowest BCUT2D eigenvalue weighted by molar-refractivity contribution is -0.122. The molecule has 1 saturated heterocycles. The molecule has 2 aromatic rings. The summed E-state index contributed by atoms with van der Waals surface area (Å²) in [6.45, 7) is 3.88. The van der Waals surface area contributed by atoms with Gasteiger partial charge in [0.1, 0.15) is 18.1 Å². The van der Waals surface area contributed by atoms with Crippen molar-refractivity contribution in [3.05, 3.63) is 41.1 Å². The molecule has 0 radical (unpaired) electrons. The van der Waals surface area contributed by atoms with Gasteiger partial charge in [-0.1, -0.05) is 12.1 Å². The zero-order valence-corrected chi connectivity index (χ0v) is 18.5. The van der Waals surface area contributed by atoms with E-state index in [1.165, 1.54) is 0 Å². The van der Waals surface area contributed by atoms with Crippen LogP contribution in [0.3, 0.4) is 0 Å². The fourth-order valence-corrected chi connectivity index (χ4v) is 4.81. The molecule has 9 heteroatoms. The van der Waals surface area contributed by atoms with Crippen LogP contribution in [0.5, 0.6) is 5.75 Å². The average molecular weight is 445 g/mol. The second-order valence-electron chi connectivity index (χ2n) is 7.67. The van der Waals surface area contributed by atoms with Gasteiger partial charge in [0.05, 0.1) is 24.8 Å². The monoisotopic (exact) mass is 444 g/mol. The van der Waals surface area contributed by atoms with Gasteiger partial charge in [0, 0.05) is 30.2 Å². The average Bonchev–Trinajstić information content (AvgIpc) is 3.48. The van der Waals surface area contributed by atoms with Gasteiger partial charge in [-0.2, -0.15) is 16.9 Å². The van der Waals surface area contributed by atoms with E-state index in [2.05, 4.69) is 15.7 Å². The molecule has 1 aromatic heterocycles. The lowest BCUT2D eigenvalue weighted by atomic mass is 10.1. The van der Waals surface area contributed by atoms with Crippen molar-refractivity contribution in [2.45, 2.75) is 50.3 Å². The SMILES string of the molecule is CCOc1ccc(CC(=O)Nc2c3c(nn2CC(=O)NC[C@H]2CCCO2)CSC3)cc1. The smallest absolute Gasteiger partial charge is 0.241 e. The van der Waals surface area contributed by atoms with Crippen molar-refractivity contribution < 1.29 is 19.1 Å². The number of fused-ring (bicyclic) bond motifs is 1. The third-order valence-electron chi connectivity index (χ3n) is 5.32. The molecule has 2 N–H and O–H groups in total. The van der Waals surface area contributed by atoms with Gasteiger partial charge in [0.2, 0.25) is 11.8 Å². The molecular weight excluding hydrogens is 416 g/mol. The van der Waals surface area contributed by atoms with Gasteiger partial charge in [0.25, 0.3) is 0 Å². The van der Waals surface area contributed by atoms with Crippen LogP contribution in [-0.2, 0) is 38.8 Å². The van der Waals surface area contributed by atoms with Gasteiger partial charge in [0.15, 0.2) is 0 Å². The summed E-state index contributed by atoms with van der Waals surface area (Å²) in [5.41, 5.74) is 2.85. The number of hydrogen-bond acceptors (Lipinski definition) is 6. The number of carbonyl (C=O) groups is 2. The quantitative estimate of drug-likeness (QED) is 0.617. The summed E-state index contributed by atoms with van der Waals surface area (Å²) in [5.74, 6) is 2.72. The summed E-state index contributed by atoms with van der Waals surface area (Å²) in [6.07, 6.45) is 2.34. The first-order valence-corrected chi connectivity index (χ1v) is 11.8. The van der Waals surface area contributed by atoms with Crippen molar-refractivity contribution in [3.8, 4) is 5.75 Å². The Balaban J connectivity index is 1.38. The first-order valence-electron chi connectivity index (χ1n) is 10.7. The summed E-state index contributed by atoms with van der Waals surface area (Å²) in [4.78, 5) is 25.2. The molecule has 1 aromatic carbocycles. The zero-order valence-electron chi connectivity index (χ0n) is 17.7. The summed E-state index contributed by atoms with van der Waals surface area (Å²) in [5, 5.41) is 10.5. The Kier molecular flexibility index (Phi) is 7.14. The number of thioether (sulfide) groups is 1. The molecule has 0 unspecified atom stereocenters. The third-order valence-corrected chi connectivity index (χ3v) is 6.29. The molecule has 0 aliphatic carbocycles. The highest BCUT2D eigenvalue weighted by Gasteiger charge is 2.25. The van der Waals surface area contributed by atoms with E-state index in [-0.39, 0.29) is 30.9 Å². The second kappa shape index (κ2) is 10.2. The molecule has 2 amide bonds. The summed E-state index contributed by atoms with van der Waals surface area (Å²) < 4.78 is 12.6. The van der Waals surface area contributed by atoms with Crippen LogP contribution in [0.15, 0.2) is 24.3 Å². The van der Waals surface area contributed by atoms with E-state index in [9.17, 15) is 9.59 Å². The number of carbonyl (C=O) groups excluding carboxylic acids is 2. The van der Waals surface area contributed by atoms with Crippen LogP contribution in [0.2, 0.25) is 0 Å². The number of anilines is 1. The molecule has 8 nitrogen and oxygen atoms in total. The van der Waals surface area contributed by atoms with Gasteiger partial charge in [-0.3, -0.25) is 9.59 Å².